The number of rotatable bonds is 9. The molecule has 1 unspecified atom stereocenters. The van der Waals surface area contributed by atoms with Gasteiger partial charge in [0.05, 0.1) is 7.11 Å². The Kier molecular flexibility index (Phi) is 11.2. The molecule has 1 aliphatic rings. The van der Waals surface area contributed by atoms with E-state index in [1.165, 1.54) is 4.90 Å². The Morgan fingerprint density at radius 2 is 1.94 bits per heavy atom. The van der Waals surface area contributed by atoms with Crippen molar-refractivity contribution in [3.8, 4) is 5.75 Å². The van der Waals surface area contributed by atoms with Crippen LogP contribution in [0.2, 0.25) is 0 Å². The third-order valence-corrected chi connectivity index (χ3v) is 6.60. The number of para-hydroxylation sites is 1. The fraction of sp³-hybridized carbons (Fsp3) is 0.417. The molecule has 1 atom stereocenters. The van der Waals surface area contributed by atoms with Crippen LogP contribution in [0.5, 0.6) is 5.75 Å². The first-order chi connectivity index (χ1) is 15.1. The highest BCUT2D eigenvalue weighted by Gasteiger charge is 2.21. The molecule has 1 heterocycles. The van der Waals surface area contributed by atoms with Crippen LogP contribution < -0.4 is 20.3 Å². The van der Waals surface area contributed by atoms with Crippen molar-refractivity contribution in [2.75, 3.05) is 37.9 Å². The molecule has 2 N–H and O–H groups in total. The highest BCUT2D eigenvalue weighted by Crippen LogP contribution is 2.29. The van der Waals surface area contributed by atoms with Crippen LogP contribution in [-0.2, 0) is 11.3 Å². The fourth-order valence-electron chi connectivity index (χ4n) is 3.42. The standard InChI is InChI=1S/C24H32N4O2S.HI/c1-18(17-31-22-8-5-4-7-21(22)30-3)15-26-24(25-2)27-16-19-10-12-20(13-11-19)28-14-6-9-23(28)29;/h4-5,7-8,10-13,18H,6,9,14-17H2,1-3H3,(H2,25,26,27);1H. The third-order valence-electron chi connectivity index (χ3n) is 5.22. The van der Waals surface area contributed by atoms with Gasteiger partial charge in [-0.3, -0.25) is 9.79 Å². The Bertz CT molecular complexity index is 892. The summed E-state index contributed by atoms with van der Waals surface area (Å²) in [5, 5.41) is 6.77. The first kappa shape index (κ1) is 26.3. The van der Waals surface area contributed by atoms with Crippen LogP contribution in [-0.4, -0.2) is 44.9 Å². The molecule has 8 heteroatoms. The van der Waals surface area contributed by atoms with Gasteiger partial charge in [-0.1, -0.05) is 31.2 Å². The maximum atomic E-state index is 11.9. The number of aliphatic imine (C=N–C) groups is 1. The zero-order valence-electron chi connectivity index (χ0n) is 19.0. The van der Waals surface area contributed by atoms with Crippen LogP contribution in [0.15, 0.2) is 58.4 Å². The van der Waals surface area contributed by atoms with Gasteiger partial charge in [-0.25, -0.2) is 0 Å². The van der Waals surface area contributed by atoms with Crippen LogP contribution >= 0.6 is 35.7 Å². The molecule has 0 spiro atoms. The van der Waals surface area contributed by atoms with Crippen molar-refractivity contribution < 1.29 is 9.53 Å². The molecule has 0 saturated carbocycles. The Labute approximate surface area is 212 Å². The maximum Gasteiger partial charge on any atom is 0.227 e. The Morgan fingerprint density at radius 1 is 1.19 bits per heavy atom. The maximum absolute atomic E-state index is 11.9. The normalized spacial score (nSPS) is 14.7. The first-order valence-electron chi connectivity index (χ1n) is 10.7. The number of benzene rings is 2. The second-order valence-electron chi connectivity index (χ2n) is 7.69. The minimum atomic E-state index is 0. The molecule has 1 aliphatic heterocycles. The zero-order chi connectivity index (χ0) is 22.1. The average molecular weight is 569 g/mol. The summed E-state index contributed by atoms with van der Waals surface area (Å²) in [6.45, 7) is 4.55. The topological polar surface area (TPSA) is 66.0 Å². The Morgan fingerprint density at radius 3 is 2.59 bits per heavy atom. The number of nitrogens with zero attached hydrogens (tertiary/aromatic N) is 2. The van der Waals surface area contributed by atoms with Gasteiger partial charge in [0, 0.05) is 49.4 Å². The quantitative estimate of drug-likeness (QED) is 0.202. The monoisotopic (exact) mass is 568 g/mol. The van der Waals surface area contributed by atoms with Crippen molar-refractivity contribution in [1.29, 1.82) is 0 Å². The van der Waals surface area contributed by atoms with Crippen LogP contribution in [0.4, 0.5) is 5.69 Å². The third kappa shape index (κ3) is 7.58. The van der Waals surface area contributed by atoms with Crippen LogP contribution in [0.1, 0.15) is 25.3 Å². The molecule has 0 radical (unpaired) electrons. The summed E-state index contributed by atoms with van der Waals surface area (Å²) in [6.07, 6.45) is 1.60. The summed E-state index contributed by atoms with van der Waals surface area (Å²) in [5.41, 5.74) is 2.13. The smallest absolute Gasteiger partial charge is 0.227 e. The van der Waals surface area contributed by atoms with E-state index in [1.54, 1.807) is 14.2 Å². The summed E-state index contributed by atoms with van der Waals surface area (Å²) in [7, 11) is 3.49. The van der Waals surface area contributed by atoms with Gasteiger partial charge in [0.1, 0.15) is 5.75 Å². The second-order valence-corrected chi connectivity index (χ2v) is 8.75. The van der Waals surface area contributed by atoms with Gasteiger partial charge in [0.25, 0.3) is 0 Å². The lowest BCUT2D eigenvalue weighted by Gasteiger charge is -2.17. The number of carbonyl (C=O) groups is 1. The Balaban J connectivity index is 0.00000363. The highest BCUT2D eigenvalue weighted by atomic mass is 127. The molecule has 6 nitrogen and oxygen atoms in total. The van der Waals surface area contributed by atoms with E-state index >= 15 is 0 Å². The molecule has 32 heavy (non-hydrogen) atoms. The molecular formula is C24H33IN4O2S. The SMILES string of the molecule is CN=C(NCc1ccc(N2CCCC2=O)cc1)NCC(C)CSc1ccccc1OC.I. The number of nitrogens with one attached hydrogen (secondary N) is 2. The lowest BCUT2D eigenvalue weighted by atomic mass is 10.2. The summed E-state index contributed by atoms with van der Waals surface area (Å²) in [4.78, 5) is 19.2. The zero-order valence-corrected chi connectivity index (χ0v) is 22.1. The number of guanidine groups is 1. The van der Waals surface area contributed by atoms with E-state index < -0.39 is 0 Å². The summed E-state index contributed by atoms with van der Waals surface area (Å²) in [6, 6.07) is 16.3. The van der Waals surface area contributed by atoms with E-state index in [-0.39, 0.29) is 29.9 Å². The highest BCUT2D eigenvalue weighted by molar-refractivity contribution is 14.0. The number of carbonyl (C=O) groups excluding carboxylic acids is 1. The van der Waals surface area contributed by atoms with Crippen molar-refractivity contribution in [3.63, 3.8) is 0 Å². The summed E-state index contributed by atoms with van der Waals surface area (Å²) < 4.78 is 5.42. The number of halogens is 1. The van der Waals surface area contributed by atoms with Gasteiger partial charge in [-0.2, -0.15) is 0 Å². The van der Waals surface area contributed by atoms with Crippen molar-refractivity contribution in [1.82, 2.24) is 10.6 Å². The van der Waals surface area contributed by atoms with Crippen LogP contribution in [0, 0.1) is 5.92 Å². The Hall–Kier alpha value is -1.94. The van der Waals surface area contributed by atoms with Gasteiger partial charge in [0.15, 0.2) is 5.96 Å². The number of thioether (sulfide) groups is 1. The first-order valence-corrected chi connectivity index (χ1v) is 11.7. The number of anilines is 1. The van der Waals surface area contributed by atoms with Crippen molar-refractivity contribution in [3.05, 3.63) is 54.1 Å². The predicted molar refractivity (Wildman–Crippen MR) is 145 cm³/mol. The molecule has 3 rings (SSSR count). The minimum absolute atomic E-state index is 0. The predicted octanol–water partition coefficient (Wildman–Crippen LogP) is 4.53. The molecule has 0 aliphatic carbocycles. The van der Waals surface area contributed by atoms with Crippen molar-refractivity contribution in [2.45, 2.75) is 31.2 Å². The molecule has 1 fully saturated rings. The molecule has 0 bridgehead atoms. The van der Waals surface area contributed by atoms with Crippen molar-refractivity contribution >= 4 is 53.3 Å². The average Bonchev–Trinajstić information content (AvgIpc) is 3.24. The van der Waals surface area contributed by atoms with Crippen LogP contribution in [0.3, 0.4) is 0 Å². The fourth-order valence-corrected chi connectivity index (χ4v) is 4.47. The van der Waals surface area contributed by atoms with Gasteiger partial charge < -0.3 is 20.3 Å². The molecule has 2 aromatic rings. The molecule has 1 saturated heterocycles. The van der Waals surface area contributed by atoms with Gasteiger partial charge in [0.2, 0.25) is 5.91 Å². The molecule has 174 valence electrons. The summed E-state index contributed by atoms with van der Waals surface area (Å²) >= 11 is 1.81. The van der Waals surface area contributed by atoms with E-state index in [4.69, 9.17) is 4.74 Å². The van der Waals surface area contributed by atoms with E-state index in [0.29, 0.717) is 18.9 Å². The minimum Gasteiger partial charge on any atom is -0.496 e. The second kappa shape index (κ2) is 13.6. The number of amides is 1. The van der Waals surface area contributed by atoms with E-state index in [9.17, 15) is 4.79 Å². The number of ether oxygens (including phenoxy) is 1. The number of methoxy groups -OCH3 is 1. The lowest BCUT2D eigenvalue weighted by molar-refractivity contribution is -0.117. The molecular weight excluding hydrogens is 535 g/mol. The van der Waals surface area contributed by atoms with Gasteiger partial charge in [-0.15, -0.1) is 35.7 Å². The molecule has 2 aromatic carbocycles. The van der Waals surface area contributed by atoms with Crippen LogP contribution in [0.25, 0.3) is 0 Å². The van der Waals surface area contributed by atoms with Crippen molar-refractivity contribution in [2.24, 2.45) is 10.9 Å². The number of hydrogen-bond donors (Lipinski definition) is 2. The van der Waals surface area contributed by atoms with E-state index in [0.717, 1.165) is 48.2 Å². The summed E-state index contributed by atoms with van der Waals surface area (Å²) in [5.74, 6) is 3.37. The van der Waals surface area contributed by atoms with E-state index in [1.807, 2.05) is 47.0 Å². The van der Waals surface area contributed by atoms with Gasteiger partial charge in [-0.05, 0) is 42.2 Å². The van der Waals surface area contributed by atoms with Gasteiger partial charge >= 0.3 is 0 Å². The molecule has 1 amide bonds. The number of hydrogen-bond acceptors (Lipinski definition) is 4. The molecule has 0 aromatic heterocycles. The largest absolute Gasteiger partial charge is 0.496 e. The van der Waals surface area contributed by atoms with E-state index in [2.05, 4.69) is 40.7 Å². The lowest BCUT2D eigenvalue weighted by Crippen LogP contribution is -2.39.